The molecule has 0 radical (unpaired) electrons. The molecule has 1 fully saturated rings. The second-order valence-corrected chi connectivity index (χ2v) is 6.54. The second-order valence-electron chi connectivity index (χ2n) is 4.99. The van der Waals surface area contributed by atoms with Crippen LogP contribution in [0.1, 0.15) is 12.8 Å². The normalized spacial score (nSPS) is 15.1. The number of rotatable bonds is 4. The molecule has 0 aromatic heterocycles. The van der Waals surface area contributed by atoms with Crippen molar-refractivity contribution in [2.75, 3.05) is 11.4 Å². The number of carbonyl (C=O) groups excluding carboxylic acids is 1. The largest absolute Gasteiger partial charge is 0.379 e. The molecule has 2 aromatic carbocycles. The molecule has 1 amide bonds. The highest BCUT2D eigenvalue weighted by molar-refractivity contribution is 7.87. The van der Waals surface area contributed by atoms with E-state index in [1.165, 1.54) is 12.1 Å². The van der Waals surface area contributed by atoms with Crippen molar-refractivity contribution in [2.45, 2.75) is 17.7 Å². The lowest BCUT2D eigenvalue weighted by Gasteiger charge is -2.16. The van der Waals surface area contributed by atoms with Crippen molar-refractivity contribution in [1.29, 1.82) is 0 Å². The van der Waals surface area contributed by atoms with E-state index in [4.69, 9.17) is 4.18 Å². The molecule has 1 aliphatic rings. The topological polar surface area (TPSA) is 63.7 Å². The van der Waals surface area contributed by atoms with Crippen molar-refractivity contribution in [2.24, 2.45) is 0 Å². The Morgan fingerprint density at radius 3 is 2.23 bits per heavy atom. The number of para-hydroxylation sites is 1. The van der Waals surface area contributed by atoms with Gasteiger partial charge in [0.05, 0.1) is 0 Å². The molecular formula is C16H15NO4S. The molecule has 1 heterocycles. The van der Waals surface area contributed by atoms with Crippen molar-refractivity contribution in [1.82, 2.24) is 0 Å². The molecule has 2 aromatic rings. The summed E-state index contributed by atoms with van der Waals surface area (Å²) >= 11 is 0. The highest BCUT2D eigenvalue weighted by Gasteiger charge is 2.23. The Labute approximate surface area is 129 Å². The molecule has 1 aliphatic heterocycles. The second kappa shape index (κ2) is 5.81. The monoisotopic (exact) mass is 317 g/mol. The smallest absolute Gasteiger partial charge is 0.339 e. The fourth-order valence-electron chi connectivity index (χ4n) is 2.36. The van der Waals surface area contributed by atoms with E-state index in [1.807, 2.05) is 0 Å². The lowest BCUT2D eigenvalue weighted by atomic mass is 10.3. The van der Waals surface area contributed by atoms with Crippen molar-refractivity contribution in [3.63, 3.8) is 0 Å². The van der Waals surface area contributed by atoms with Gasteiger partial charge in [0, 0.05) is 18.7 Å². The molecule has 0 unspecified atom stereocenters. The van der Waals surface area contributed by atoms with Gasteiger partial charge in [0.25, 0.3) is 0 Å². The van der Waals surface area contributed by atoms with Crippen molar-refractivity contribution >= 4 is 21.7 Å². The van der Waals surface area contributed by atoms with E-state index in [2.05, 4.69) is 0 Å². The molecule has 0 saturated carbocycles. The molecule has 6 heteroatoms. The van der Waals surface area contributed by atoms with Gasteiger partial charge in [-0.05, 0) is 42.8 Å². The van der Waals surface area contributed by atoms with E-state index in [0.29, 0.717) is 18.7 Å². The maximum absolute atomic E-state index is 12.2. The van der Waals surface area contributed by atoms with Crippen molar-refractivity contribution in [3.8, 4) is 5.75 Å². The first-order valence-corrected chi connectivity index (χ1v) is 8.37. The Bertz CT molecular complexity index is 770. The summed E-state index contributed by atoms with van der Waals surface area (Å²) in [5.41, 5.74) is 0.709. The van der Waals surface area contributed by atoms with E-state index < -0.39 is 10.1 Å². The molecule has 3 rings (SSSR count). The van der Waals surface area contributed by atoms with Crippen LogP contribution in [-0.4, -0.2) is 20.9 Å². The van der Waals surface area contributed by atoms with E-state index >= 15 is 0 Å². The van der Waals surface area contributed by atoms with Gasteiger partial charge in [-0.3, -0.25) is 4.79 Å². The zero-order chi connectivity index (χ0) is 15.6. The minimum Gasteiger partial charge on any atom is -0.379 e. The lowest BCUT2D eigenvalue weighted by molar-refractivity contribution is -0.117. The highest BCUT2D eigenvalue weighted by atomic mass is 32.2. The van der Waals surface area contributed by atoms with Gasteiger partial charge in [0.1, 0.15) is 10.6 Å². The molecule has 0 aliphatic carbocycles. The number of hydrogen-bond acceptors (Lipinski definition) is 4. The zero-order valence-electron chi connectivity index (χ0n) is 11.8. The van der Waals surface area contributed by atoms with Crippen LogP contribution in [0.25, 0.3) is 0 Å². The van der Waals surface area contributed by atoms with E-state index in [9.17, 15) is 13.2 Å². The first-order valence-electron chi connectivity index (χ1n) is 6.96. The fraction of sp³-hybridized carbons (Fsp3) is 0.188. The molecule has 114 valence electrons. The number of anilines is 1. The number of amides is 1. The van der Waals surface area contributed by atoms with E-state index in [1.54, 1.807) is 47.4 Å². The average molecular weight is 317 g/mol. The van der Waals surface area contributed by atoms with Crippen LogP contribution in [0, 0.1) is 0 Å². The summed E-state index contributed by atoms with van der Waals surface area (Å²) in [5, 5.41) is 0. The molecule has 1 saturated heterocycles. The summed E-state index contributed by atoms with van der Waals surface area (Å²) in [6, 6.07) is 14.5. The summed E-state index contributed by atoms with van der Waals surface area (Å²) in [5.74, 6) is 0.331. The van der Waals surface area contributed by atoms with Gasteiger partial charge in [-0.1, -0.05) is 18.2 Å². The molecule has 0 N–H and O–H groups in total. The van der Waals surface area contributed by atoms with Crippen LogP contribution in [-0.2, 0) is 14.9 Å². The summed E-state index contributed by atoms with van der Waals surface area (Å²) in [6.45, 7) is 0.672. The standard InChI is InChI=1S/C16H15NO4S/c18-16-7-4-12-17(16)13-8-10-15(11-9-13)22(19,20)21-14-5-2-1-3-6-14/h1-3,5-6,8-11H,4,7,12H2. The third-order valence-corrected chi connectivity index (χ3v) is 4.72. The van der Waals surface area contributed by atoms with Gasteiger partial charge < -0.3 is 9.08 Å². The minimum absolute atomic E-state index is 0.0618. The van der Waals surface area contributed by atoms with E-state index in [0.717, 1.165) is 6.42 Å². The van der Waals surface area contributed by atoms with Gasteiger partial charge in [0.15, 0.2) is 0 Å². The fourth-order valence-corrected chi connectivity index (χ4v) is 3.29. The third-order valence-electron chi connectivity index (χ3n) is 3.46. The summed E-state index contributed by atoms with van der Waals surface area (Å²) in [6.07, 6.45) is 1.37. The summed E-state index contributed by atoms with van der Waals surface area (Å²) in [7, 11) is -3.87. The SMILES string of the molecule is O=C1CCCN1c1ccc(S(=O)(=O)Oc2ccccc2)cc1. The minimum atomic E-state index is -3.87. The number of carbonyl (C=O) groups is 1. The predicted molar refractivity (Wildman–Crippen MR) is 82.3 cm³/mol. The van der Waals surface area contributed by atoms with Crippen molar-refractivity contribution < 1.29 is 17.4 Å². The average Bonchev–Trinajstić information content (AvgIpc) is 2.94. The number of nitrogens with zero attached hydrogens (tertiary/aromatic N) is 1. The maximum atomic E-state index is 12.2. The Morgan fingerprint density at radius 1 is 0.955 bits per heavy atom. The van der Waals surface area contributed by atoms with Crippen LogP contribution in [0.15, 0.2) is 59.5 Å². The first-order chi connectivity index (χ1) is 10.6. The Hall–Kier alpha value is -2.34. The van der Waals surface area contributed by atoms with Crippen LogP contribution in [0.3, 0.4) is 0 Å². The molecular weight excluding hydrogens is 302 g/mol. The van der Waals surface area contributed by atoms with Gasteiger partial charge in [0.2, 0.25) is 5.91 Å². The molecule has 0 spiro atoms. The molecule has 5 nitrogen and oxygen atoms in total. The highest BCUT2D eigenvalue weighted by Crippen LogP contribution is 2.24. The van der Waals surface area contributed by atoms with Gasteiger partial charge in [-0.2, -0.15) is 8.42 Å². The summed E-state index contributed by atoms with van der Waals surface area (Å²) in [4.78, 5) is 13.4. The number of benzene rings is 2. The Balaban J connectivity index is 1.81. The quantitative estimate of drug-likeness (QED) is 0.813. The van der Waals surface area contributed by atoms with Gasteiger partial charge in [-0.15, -0.1) is 0 Å². The molecule has 0 atom stereocenters. The maximum Gasteiger partial charge on any atom is 0.339 e. The van der Waals surface area contributed by atoms with Gasteiger partial charge >= 0.3 is 10.1 Å². The van der Waals surface area contributed by atoms with Crippen molar-refractivity contribution in [3.05, 3.63) is 54.6 Å². The Kier molecular flexibility index (Phi) is 3.85. The van der Waals surface area contributed by atoms with Crippen LogP contribution >= 0.6 is 0 Å². The van der Waals surface area contributed by atoms with Crippen LogP contribution in [0.4, 0.5) is 5.69 Å². The van der Waals surface area contributed by atoms with Gasteiger partial charge in [-0.25, -0.2) is 0 Å². The number of hydrogen-bond donors (Lipinski definition) is 0. The third kappa shape index (κ3) is 2.96. The lowest BCUT2D eigenvalue weighted by Crippen LogP contribution is -2.23. The van der Waals surface area contributed by atoms with E-state index in [-0.39, 0.29) is 16.6 Å². The predicted octanol–water partition coefficient (Wildman–Crippen LogP) is 2.58. The van der Waals surface area contributed by atoms with Crippen LogP contribution in [0.5, 0.6) is 5.75 Å². The van der Waals surface area contributed by atoms with Crippen LogP contribution in [0.2, 0.25) is 0 Å². The first kappa shape index (κ1) is 14.6. The summed E-state index contributed by atoms with van der Waals surface area (Å²) < 4.78 is 29.5. The Morgan fingerprint density at radius 2 is 1.64 bits per heavy atom. The zero-order valence-corrected chi connectivity index (χ0v) is 12.6. The molecule has 0 bridgehead atoms. The molecule has 22 heavy (non-hydrogen) atoms. The van der Waals surface area contributed by atoms with Crippen LogP contribution < -0.4 is 9.08 Å².